The third-order valence-corrected chi connectivity index (χ3v) is 4.26. The van der Waals surface area contributed by atoms with Crippen LogP contribution >= 0.6 is 23.1 Å². The van der Waals surface area contributed by atoms with E-state index in [2.05, 4.69) is 15.3 Å². The number of aromatic nitrogens is 4. The second-order valence-electron chi connectivity index (χ2n) is 3.34. The quantitative estimate of drug-likeness (QED) is 0.683. The summed E-state index contributed by atoms with van der Waals surface area (Å²) in [6.45, 7) is 0. The van der Waals surface area contributed by atoms with Crippen molar-refractivity contribution in [2.24, 2.45) is 0 Å². The van der Waals surface area contributed by atoms with Crippen molar-refractivity contribution in [2.75, 3.05) is 0 Å². The van der Waals surface area contributed by atoms with Gasteiger partial charge in [-0.15, -0.1) is 15.3 Å². The molecule has 0 aliphatic carbocycles. The Morgan fingerprint density at radius 3 is 2.88 bits per heavy atom. The second-order valence-corrected chi connectivity index (χ2v) is 5.52. The lowest BCUT2D eigenvalue weighted by Crippen LogP contribution is -1.83. The van der Waals surface area contributed by atoms with Gasteiger partial charge in [0, 0.05) is 5.75 Å². The summed E-state index contributed by atoms with van der Waals surface area (Å²) in [7, 11) is 0. The predicted octanol–water partition coefficient (Wildman–Crippen LogP) is 2.62. The van der Waals surface area contributed by atoms with Crippen molar-refractivity contribution in [3.05, 3.63) is 42.0 Å². The summed E-state index contributed by atoms with van der Waals surface area (Å²) in [6.07, 6.45) is 1.58. The standard InChI is InChI=1S/C10H7FN4S2/c11-8-3-1-7(2-4-8)5-16-10-14-15-6-12-13-9(15)17-10/h1-4,6H,5H2. The van der Waals surface area contributed by atoms with Gasteiger partial charge < -0.3 is 0 Å². The van der Waals surface area contributed by atoms with Crippen molar-refractivity contribution in [1.29, 1.82) is 0 Å². The van der Waals surface area contributed by atoms with Gasteiger partial charge in [0.25, 0.3) is 0 Å². The molecule has 0 radical (unpaired) electrons. The predicted molar refractivity (Wildman–Crippen MR) is 64.6 cm³/mol. The first kappa shape index (κ1) is 10.7. The van der Waals surface area contributed by atoms with E-state index < -0.39 is 0 Å². The fourth-order valence-corrected chi connectivity index (χ4v) is 3.14. The van der Waals surface area contributed by atoms with Crippen LogP contribution in [-0.2, 0) is 5.75 Å². The van der Waals surface area contributed by atoms with Crippen molar-refractivity contribution in [3.8, 4) is 0 Å². The van der Waals surface area contributed by atoms with Crippen molar-refractivity contribution in [1.82, 2.24) is 19.8 Å². The van der Waals surface area contributed by atoms with Crippen LogP contribution in [0.4, 0.5) is 4.39 Å². The number of benzene rings is 1. The van der Waals surface area contributed by atoms with Crippen LogP contribution in [0, 0.1) is 5.82 Å². The first-order valence-electron chi connectivity index (χ1n) is 4.85. The zero-order valence-electron chi connectivity index (χ0n) is 8.58. The van der Waals surface area contributed by atoms with Gasteiger partial charge in [0.1, 0.15) is 12.1 Å². The minimum Gasteiger partial charge on any atom is -0.207 e. The zero-order chi connectivity index (χ0) is 11.7. The Balaban J connectivity index is 1.71. The summed E-state index contributed by atoms with van der Waals surface area (Å²) in [5.74, 6) is 0.558. The molecule has 17 heavy (non-hydrogen) atoms. The SMILES string of the molecule is Fc1ccc(CSc2nn3cnnc3s2)cc1. The highest BCUT2D eigenvalue weighted by Crippen LogP contribution is 2.26. The molecule has 7 heteroatoms. The van der Waals surface area contributed by atoms with E-state index in [9.17, 15) is 4.39 Å². The summed E-state index contributed by atoms with van der Waals surface area (Å²) in [6, 6.07) is 6.49. The van der Waals surface area contributed by atoms with Crippen molar-refractivity contribution in [3.63, 3.8) is 0 Å². The molecule has 0 fully saturated rings. The number of halogens is 1. The third kappa shape index (κ3) is 2.29. The molecule has 0 aliphatic rings. The van der Waals surface area contributed by atoms with E-state index in [0.29, 0.717) is 0 Å². The molecule has 0 N–H and O–H groups in total. The highest BCUT2D eigenvalue weighted by atomic mass is 32.2. The monoisotopic (exact) mass is 266 g/mol. The van der Waals surface area contributed by atoms with Crippen molar-refractivity contribution >= 4 is 28.1 Å². The first-order chi connectivity index (χ1) is 8.31. The van der Waals surface area contributed by atoms with E-state index in [0.717, 1.165) is 20.6 Å². The minimum absolute atomic E-state index is 0.211. The number of hydrogen-bond donors (Lipinski definition) is 0. The third-order valence-electron chi connectivity index (χ3n) is 2.14. The van der Waals surface area contributed by atoms with Gasteiger partial charge in [-0.25, -0.2) is 4.39 Å². The molecule has 86 valence electrons. The Morgan fingerprint density at radius 2 is 2.12 bits per heavy atom. The highest BCUT2D eigenvalue weighted by molar-refractivity contribution is 8.00. The van der Waals surface area contributed by atoms with Gasteiger partial charge in [0.05, 0.1) is 0 Å². The minimum atomic E-state index is -0.211. The van der Waals surface area contributed by atoms with Crippen molar-refractivity contribution < 1.29 is 4.39 Å². The van der Waals surface area contributed by atoms with Gasteiger partial charge in [-0.3, -0.25) is 0 Å². The number of hydrogen-bond acceptors (Lipinski definition) is 5. The molecule has 3 aromatic rings. The Labute approximate surface area is 104 Å². The summed E-state index contributed by atoms with van der Waals surface area (Å²) in [5.41, 5.74) is 1.07. The van der Waals surface area contributed by atoms with Crippen LogP contribution in [0.1, 0.15) is 5.56 Å². The Kier molecular flexibility index (Phi) is 2.77. The van der Waals surface area contributed by atoms with E-state index in [-0.39, 0.29) is 5.82 Å². The van der Waals surface area contributed by atoms with Crippen LogP contribution in [0.25, 0.3) is 4.96 Å². The molecule has 0 atom stereocenters. The number of thioether (sulfide) groups is 1. The maximum atomic E-state index is 12.7. The molecule has 0 unspecified atom stereocenters. The second kappa shape index (κ2) is 4.42. The largest absolute Gasteiger partial charge is 0.235 e. The van der Waals surface area contributed by atoms with E-state index in [1.807, 2.05) is 0 Å². The van der Waals surface area contributed by atoms with Crippen LogP contribution in [0.15, 0.2) is 34.9 Å². The van der Waals surface area contributed by atoms with Gasteiger partial charge in [-0.2, -0.15) is 4.52 Å². The number of fused-ring (bicyclic) bond motifs is 1. The van der Waals surface area contributed by atoms with Gasteiger partial charge in [0.15, 0.2) is 4.34 Å². The van der Waals surface area contributed by atoms with E-state index in [1.54, 1.807) is 34.7 Å². The molecule has 0 bridgehead atoms. The normalized spacial score (nSPS) is 11.1. The van der Waals surface area contributed by atoms with E-state index in [1.165, 1.54) is 23.5 Å². The lowest BCUT2D eigenvalue weighted by molar-refractivity contribution is 0.627. The molecular formula is C10H7FN4S2. The molecule has 0 saturated heterocycles. The van der Waals surface area contributed by atoms with Crippen LogP contribution in [0.3, 0.4) is 0 Å². The summed E-state index contributed by atoms with van der Waals surface area (Å²) in [5, 5.41) is 12.0. The topological polar surface area (TPSA) is 43.1 Å². The maximum Gasteiger partial charge on any atom is 0.235 e. The van der Waals surface area contributed by atoms with Gasteiger partial charge >= 0.3 is 0 Å². The molecule has 2 aromatic heterocycles. The number of rotatable bonds is 3. The molecule has 2 heterocycles. The van der Waals surface area contributed by atoms with Gasteiger partial charge in [-0.05, 0) is 17.7 Å². The highest BCUT2D eigenvalue weighted by Gasteiger charge is 2.05. The van der Waals surface area contributed by atoms with Crippen LogP contribution in [0.2, 0.25) is 0 Å². The van der Waals surface area contributed by atoms with Crippen molar-refractivity contribution in [2.45, 2.75) is 10.1 Å². The molecule has 0 aliphatic heterocycles. The molecule has 4 nitrogen and oxygen atoms in total. The van der Waals surface area contributed by atoms with Gasteiger partial charge in [-0.1, -0.05) is 35.2 Å². The van der Waals surface area contributed by atoms with E-state index in [4.69, 9.17) is 0 Å². The van der Waals surface area contributed by atoms with Gasteiger partial charge in [0.2, 0.25) is 4.96 Å². The lowest BCUT2D eigenvalue weighted by atomic mass is 10.2. The average molecular weight is 266 g/mol. The van der Waals surface area contributed by atoms with Crippen LogP contribution in [0.5, 0.6) is 0 Å². The first-order valence-corrected chi connectivity index (χ1v) is 6.65. The molecule has 0 spiro atoms. The van der Waals surface area contributed by atoms with Crippen LogP contribution < -0.4 is 0 Å². The lowest BCUT2D eigenvalue weighted by Gasteiger charge is -1.97. The molecule has 0 saturated carbocycles. The zero-order valence-corrected chi connectivity index (χ0v) is 10.2. The molecular weight excluding hydrogens is 259 g/mol. The fourth-order valence-electron chi connectivity index (χ4n) is 1.33. The Morgan fingerprint density at radius 1 is 1.29 bits per heavy atom. The Hall–Kier alpha value is -1.47. The summed E-state index contributed by atoms with van der Waals surface area (Å²) < 4.78 is 15.3. The summed E-state index contributed by atoms with van der Waals surface area (Å²) in [4.78, 5) is 0.784. The molecule has 1 aromatic carbocycles. The average Bonchev–Trinajstić information content (AvgIpc) is 2.88. The summed E-state index contributed by atoms with van der Waals surface area (Å²) >= 11 is 3.10. The molecule has 3 rings (SSSR count). The molecule has 0 amide bonds. The smallest absolute Gasteiger partial charge is 0.207 e. The number of nitrogens with zero attached hydrogens (tertiary/aromatic N) is 4. The fraction of sp³-hybridized carbons (Fsp3) is 0.100. The van der Waals surface area contributed by atoms with Crippen LogP contribution in [-0.4, -0.2) is 19.8 Å². The maximum absolute atomic E-state index is 12.7. The Bertz CT molecular complexity index is 603. The van der Waals surface area contributed by atoms with E-state index >= 15 is 0 Å².